The van der Waals surface area contributed by atoms with Crippen molar-refractivity contribution in [3.05, 3.63) is 77.9 Å². The lowest BCUT2D eigenvalue weighted by molar-refractivity contribution is -0.120. The summed E-state index contributed by atoms with van der Waals surface area (Å²) in [5.74, 6) is -0.0778. The maximum absolute atomic E-state index is 12.5. The minimum absolute atomic E-state index is 0.0176. The Morgan fingerprint density at radius 3 is 2.33 bits per heavy atom. The number of nitrogens with two attached hydrogens (primary N) is 1. The minimum atomic E-state index is -0.592. The van der Waals surface area contributed by atoms with Gasteiger partial charge in [0.25, 0.3) is 11.8 Å². The van der Waals surface area contributed by atoms with Gasteiger partial charge in [-0.05, 0) is 48.0 Å². The number of methoxy groups -OCH3 is 2. The van der Waals surface area contributed by atoms with Crippen LogP contribution in [0.4, 0.5) is 5.69 Å². The molecular weight excluding hydrogens is 468 g/mol. The molecule has 0 saturated carbocycles. The number of primary amides is 1. The number of nitrogens with one attached hydrogen (secondary N) is 1. The first-order valence-corrected chi connectivity index (χ1v) is 10.8. The van der Waals surface area contributed by atoms with Crippen LogP contribution in [0.2, 0.25) is 0 Å². The summed E-state index contributed by atoms with van der Waals surface area (Å²) in [6, 6.07) is 18.2. The molecule has 0 fully saturated rings. The number of benzene rings is 3. The van der Waals surface area contributed by atoms with Crippen molar-refractivity contribution in [3.8, 4) is 23.0 Å². The molecule has 10 nitrogen and oxygen atoms in total. The average molecular weight is 495 g/mol. The summed E-state index contributed by atoms with van der Waals surface area (Å²) >= 11 is 0. The van der Waals surface area contributed by atoms with E-state index >= 15 is 0 Å². The van der Waals surface area contributed by atoms with Crippen molar-refractivity contribution >= 4 is 23.5 Å². The number of anilines is 1. The SMILES string of the molecule is COc1ccccc1NC(=O)COc1ccc(C(=O)OCc2cccc(OCC(N)=O)c2)cc1OC. The molecule has 0 bridgehead atoms. The number of rotatable bonds is 12. The number of carbonyl (C=O) groups excluding carboxylic acids is 3. The smallest absolute Gasteiger partial charge is 0.338 e. The summed E-state index contributed by atoms with van der Waals surface area (Å²) < 4.78 is 26.7. The zero-order chi connectivity index (χ0) is 25.9. The predicted octanol–water partition coefficient (Wildman–Crippen LogP) is 2.94. The van der Waals surface area contributed by atoms with E-state index in [0.717, 1.165) is 0 Å². The van der Waals surface area contributed by atoms with Crippen LogP contribution in [0, 0.1) is 0 Å². The van der Waals surface area contributed by atoms with Gasteiger partial charge in [-0.25, -0.2) is 4.79 Å². The van der Waals surface area contributed by atoms with Crippen LogP contribution in [-0.4, -0.2) is 45.2 Å². The Kier molecular flexibility index (Phi) is 9.10. The van der Waals surface area contributed by atoms with E-state index in [-0.39, 0.29) is 36.9 Å². The summed E-state index contributed by atoms with van der Waals surface area (Å²) in [6.07, 6.45) is 0. The van der Waals surface area contributed by atoms with Crippen LogP contribution >= 0.6 is 0 Å². The molecule has 3 rings (SSSR count). The van der Waals surface area contributed by atoms with E-state index in [4.69, 9.17) is 29.4 Å². The molecule has 0 spiro atoms. The van der Waals surface area contributed by atoms with Gasteiger partial charge in [0.2, 0.25) is 0 Å². The van der Waals surface area contributed by atoms with Gasteiger partial charge in [0.15, 0.2) is 24.7 Å². The molecule has 3 aromatic rings. The summed E-state index contributed by atoms with van der Waals surface area (Å²) in [4.78, 5) is 35.7. The van der Waals surface area contributed by atoms with Gasteiger partial charge in [-0.15, -0.1) is 0 Å². The summed E-state index contributed by atoms with van der Waals surface area (Å²) in [7, 11) is 2.93. The van der Waals surface area contributed by atoms with Crippen LogP contribution in [0.25, 0.3) is 0 Å². The van der Waals surface area contributed by atoms with Gasteiger partial charge in [0.05, 0.1) is 25.5 Å². The first kappa shape index (κ1) is 25.9. The fraction of sp³-hybridized carbons (Fsp3) is 0.192. The highest BCUT2D eigenvalue weighted by Gasteiger charge is 2.15. The summed E-state index contributed by atoms with van der Waals surface area (Å²) in [5, 5.41) is 2.71. The highest BCUT2D eigenvalue weighted by molar-refractivity contribution is 5.93. The molecular formula is C26H26N2O8. The number of para-hydroxylation sites is 2. The number of carbonyl (C=O) groups is 3. The third-order valence-corrected chi connectivity index (χ3v) is 4.79. The van der Waals surface area contributed by atoms with E-state index in [2.05, 4.69) is 5.32 Å². The van der Waals surface area contributed by atoms with E-state index in [1.165, 1.54) is 32.4 Å². The first-order valence-electron chi connectivity index (χ1n) is 10.8. The monoisotopic (exact) mass is 494 g/mol. The molecule has 3 N–H and O–H groups in total. The van der Waals surface area contributed by atoms with Crippen LogP contribution in [0.5, 0.6) is 23.0 Å². The molecule has 36 heavy (non-hydrogen) atoms. The Labute approximate surface area is 207 Å². The number of ether oxygens (including phenoxy) is 5. The molecule has 0 atom stereocenters. The van der Waals surface area contributed by atoms with Gasteiger partial charge >= 0.3 is 5.97 Å². The van der Waals surface area contributed by atoms with Crippen LogP contribution < -0.4 is 30.0 Å². The molecule has 0 aliphatic rings. The van der Waals surface area contributed by atoms with Gasteiger partial charge in [0, 0.05) is 0 Å². The van der Waals surface area contributed by atoms with E-state index in [1.807, 2.05) is 0 Å². The van der Waals surface area contributed by atoms with E-state index in [0.29, 0.717) is 22.7 Å². The molecule has 10 heteroatoms. The van der Waals surface area contributed by atoms with Crippen molar-refractivity contribution in [1.82, 2.24) is 0 Å². The highest BCUT2D eigenvalue weighted by Crippen LogP contribution is 2.29. The Hall–Kier alpha value is -4.73. The summed E-state index contributed by atoms with van der Waals surface area (Å²) in [6.45, 7) is -0.553. The number of esters is 1. The molecule has 188 valence electrons. The van der Waals surface area contributed by atoms with Gasteiger partial charge in [-0.1, -0.05) is 24.3 Å². The van der Waals surface area contributed by atoms with Gasteiger partial charge in [0.1, 0.15) is 18.1 Å². The van der Waals surface area contributed by atoms with Gasteiger partial charge in [-0.2, -0.15) is 0 Å². The number of hydrogen-bond acceptors (Lipinski definition) is 8. The topological polar surface area (TPSA) is 135 Å². The van der Waals surface area contributed by atoms with Gasteiger partial charge < -0.3 is 34.7 Å². The zero-order valence-corrected chi connectivity index (χ0v) is 19.8. The van der Waals surface area contributed by atoms with Crippen LogP contribution in [0.3, 0.4) is 0 Å². The van der Waals surface area contributed by atoms with Crippen LogP contribution in [0.15, 0.2) is 66.7 Å². The first-order chi connectivity index (χ1) is 17.4. The fourth-order valence-electron chi connectivity index (χ4n) is 3.10. The molecule has 0 unspecified atom stereocenters. The normalized spacial score (nSPS) is 10.2. The molecule has 0 saturated heterocycles. The predicted molar refractivity (Wildman–Crippen MR) is 130 cm³/mol. The molecule has 0 aliphatic heterocycles. The molecule has 0 aromatic heterocycles. The maximum atomic E-state index is 12.5. The highest BCUT2D eigenvalue weighted by atomic mass is 16.5. The van der Waals surface area contributed by atoms with Crippen LogP contribution in [-0.2, 0) is 20.9 Å². The molecule has 0 aliphatic carbocycles. The lowest BCUT2D eigenvalue weighted by atomic mass is 10.2. The van der Waals surface area contributed by atoms with Crippen molar-refractivity contribution in [2.45, 2.75) is 6.61 Å². The number of hydrogen-bond donors (Lipinski definition) is 2. The second kappa shape index (κ2) is 12.7. The Morgan fingerprint density at radius 1 is 0.806 bits per heavy atom. The molecule has 2 amide bonds. The molecule has 0 radical (unpaired) electrons. The standard InChI is InChI=1S/C26H26N2O8/c1-32-21-9-4-3-8-20(21)28-25(30)16-35-22-11-10-18(13-23(22)33-2)26(31)36-14-17-6-5-7-19(12-17)34-15-24(27)29/h3-13H,14-16H2,1-2H3,(H2,27,29)(H,28,30). The molecule has 3 aromatic carbocycles. The van der Waals surface area contributed by atoms with Crippen molar-refractivity contribution in [2.24, 2.45) is 5.73 Å². The van der Waals surface area contributed by atoms with Crippen molar-refractivity contribution in [2.75, 3.05) is 32.8 Å². The lowest BCUT2D eigenvalue weighted by Gasteiger charge is -2.13. The third kappa shape index (κ3) is 7.39. The molecule has 0 heterocycles. The van der Waals surface area contributed by atoms with Crippen molar-refractivity contribution in [3.63, 3.8) is 0 Å². The number of amides is 2. The van der Waals surface area contributed by atoms with Crippen molar-refractivity contribution < 1.29 is 38.1 Å². The second-order valence-electron chi connectivity index (χ2n) is 7.38. The largest absolute Gasteiger partial charge is 0.495 e. The fourth-order valence-corrected chi connectivity index (χ4v) is 3.10. The van der Waals surface area contributed by atoms with Crippen LogP contribution in [0.1, 0.15) is 15.9 Å². The van der Waals surface area contributed by atoms with E-state index in [1.54, 1.807) is 48.5 Å². The Bertz CT molecular complexity index is 1230. The quantitative estimate of drug-likeness (QED) is 0.367. The lowest BCUT2D eigenvalue weighted by Crippen LogP contribution is -2.20. The Balaban J connectivity index is 1.57. The van der Waals surface area contributed by atoms with Crippen molar-refractivity contribution in [1.29, 1.82) is 0 Å². The Morgan fingerprint density at radius 2 is 1.58 bits per heavy atom. The van der Waals surface area contributed by atoms with E-state index < -0.39 is 17.8 Å². The summed E-state index contributed by atoms with van der Waals surface area (Å²) in [5.41, 5.74) is 6.49. The average Bonchev–Trinajstić information content (AvgIpc) is 2.89. The van der Waals surface area contributed by atoms with E-state index in [9.17, 15) is 14.4 Å². The minimum Gasteiger partial charge on any atom is -0.495 e. The maximum Gasteiger partial charge on any atom is 0.338 e. The zero-order valence-electron chi connectivity index (χ0n) is 19.8. The second-order valence-corrected chi connectivity index (χ2v) is 7.38. The van der Waals surface area contributed by atoms with Gasteiger partial charge in [-0.3, -0.25) is 9.59 Å². The third-order valence-electron chi connectivity index (χ3n) is 4.79.